The minimum absolute atomic E-state index is 0.0393. The lowest BCUT2D eigenvalue weighted by Crippen LogP contribution is -2.15. The highest BCUT2D eigenvalue weighted by Crippen LogP contribution is 2.26. The summed E-state index contributed by atoms with van der Waals surface area (Å²) in [5.74, 6) is 0.388. The number of sulfonamides is 1. The summed E-state index contributed by atoms with van der Waals surface area (Å²) in [4.78, 5) is 13.3. The fourth-order valence-electron chi connectivity index (χ4n) is 3.43. The molecule has 0 aliphatic carbocycles. The number of ether oxygens (including phenoxy) is 1. The second-order valence-corrected chi connectivity index (χ2v) is 9.85. The zero-order valence-electron chi connectivity index (χ0n) is 19.3. The number of methoxy groups -OCH3 is 1. The summed E-state index contributed by atoms with van der Waals surface area (Å²) in [6.45, 7) is 0. The van der Waals surface area contributed by atoms with Gasteiger partial charge in [0, 0.05) is 11.3 Å². The third-order valence-electron chi connectivity index (χ3n) is 5.30. The van der Waals surface area contributed by atoms with Gasteiger partial charge in [-0.05, 0) is 65.7 Å². The molecule has 0 aliphatic rings. The standard InChI is InChI=1S/C28H23ClN2O4S/c1-35-23-15-11-20(12-16-23)19-25(21-7-3-2-4-8-21)28(32)30-22-13-17-24(18-14-22)36(33,34)31-27-10-6-5-9-26(27)29/h2-19,31H,1H3,(H,30,32)/b25-19+. The number of carbonyl (C=O) groups excluding carboxylic acids is 1. The van der Waals surface area contributed by atoms with Gasteiger partial charge in [0.1, 0.15) is 5.75 Å². The Bertz CT molecular complexity index is 1490. The van der Waals surface area contributed by atoms with E-state index in [2.05, 4.69) is 10.0 Å². The van der Waals surface area contributed by atoms with Gasteiger partial charge in [-0.1, -0.05) is 66.2 Å². The number of carbonyl (C=O) groups is 1. The van der Waals surface area contributed by atoms with Crippen molar-refractivity contribution in [2.75, 3.05) is 17.1 Å². The minimum atomic E-state index is -3.86. The summed E-state index contributed by atoms with van der Waals surface area (Å²) in [6, 6.07) is 29.2. The molecule has 0 spiro atoms. The number of nitrogens with one attached hydrogen (secondary N) is 2. The van der Waals surface area contributed by atoms with Gasteiger partial charge < -0.3 is 10.1 Å². The van der Waals surface area contributed by atoms with E-state index in [9.17, 15) is 13.2 Å². The maximum absolute atomic E-state index is 13.3. The number of anilines is 2. The molecule has 182 valence electrons. The van der Waals surface area contributed by atoms with Gasteiger partial charge in [0.15, 0.2) is 0 Å². The van der Waals surface area contributed by atoms with Gasteiger partial charge in [0.05, 0.1) is 22.7 Å². The summed E-state index contributed by atoms with van der Waals surface area (Å²) in [7, 11) is -2.26. The topological polar surface area (TPSA) is 84.5 Å². The zero-order valence-corrected chi connectivity index (χ0v) is 20.9. The number of amides is 1. The van der Waals surface area contributed by atoms with Crippen LogP contribution in [0.25, 0.3) is 11.6 Å². The molecular formula is C28H23ClN2O4S. The number of rotatable bonds is 8. The van der Waals surface area contributed by atoms with Crippen LogP contribution in [0, 0.1) is 0 Å². The number of hydrogen-bond donors (Lipinski definition) is 2. The van der Waals surface area contributed by atoms with Crippen LogP contribution in [0.4, 0.5) is 11.4 Å². The molecule has 36 heavy (non-hydrogen) atoms. The summed E-state index contributed by atoms with van der Waals surface area (Å²) < 4.78 is 33.2. The predicted octanol–water partition coefficient (Wildman–Crippen LogP) is 6.33. The Labute approximate surface area is 215 Å². The number of halogens is 1. The van der Waals surface area contributed by atoms with Crippen LogP contribution < -0.4 is 14.8 Å². The van der Waals surface area contributed by atoms with Gasteiger partial charge in [0.25, 0.3) is 15.9 Å². The van der Waals surface area contributed by atoms with Crippen LogP contribution in [0.2, 0.25) is 5.02 Å². The molecule has 0 saturated heterocycles. The maximum atomic E-state index is 13.3. The summed E-state index contributed by atoms with van der Waals surface area (Å²) in [6.07, 6.45) is 1.79. The van der Waals surface area contributed by atoms with Crippen LogP contribution in [0.3, 0.4) is 0 Å². The van der Waals surface area contributed by atoms with Crippen molar-refractivity contribution in [1.82, 2.24) is 0 Å². The first-order chi connectivity index (χ1) is 17.4. The molecule has 0 fully saturated rings. The van der Waals surface area contributed by atoms with Crippen LogP contribution in [0.15, 0.2) is 108 Å². The molecule has 6 nitrogen and oxygen atoms in total. The second-order valence-electron chi connectivity index (χ2n) is 7.76. The summed E-state index contributed by atoms with van der Waals surface area (Å²) >= 11 is 6.07. The van der Waals surface area contributed by atoms with Crippen LogP contribution in [-0.4, -0.2) is 21.4 Å². The molecule has 0 atom stereocenters. The van der Waals surface area contributed by atoms with E-state index in [0.29, 0.717) is 16.3 Å². The Morgan fingerprint density at radius 1 is 0.833 bits per heavy atom. The van der Waals surface area contributed by atoms with E-state index < -0.39 is 10.0 Å². The lowest BCUT2D eigenvalue weighted by atomic mass is 10.0. The van der Waals surface area contributed by atoms with Crippen LogP contribution in [0.5, 0.6) is 5.75 Å². The Morgan fingerprint density at radius 3 is 2.11 bits per heavy atom. The van der Waals surface area contributed by atoms with Crippen molar-refractivity contribution >= 4 is 50.6 Å². The van der Waals surface area contributed by atoms with Crippen molar-refractivity contribution < 1.29 is 17.9 Å². The molecular weight excluding hydrogens is 496 g/mol. The summed E-state index contributed by atoms with van der Waals surface area (Å²) in [5.41, 5.74) is 2.77. The lowest BCUT2D eigenvalue weighted by Gasteiger charge is -2.12. The van der Waals surface area contributed by atoms with E-state index in [0.717, 1.165) is 16.9 Å². The average molecular weight is 519 g/mol. The molecule has 4 rings (SSSR count). The monoisotopic (exact) mass is 518 g/mol. The average Bonchev–Trinajstić information content (AvgIpc) is 2.89. The maximum Gasteiger partial charge on any atom is 0.261 e. The molecule has 4 aromatic rings. The van der Waals surface area contributed by atoms with E-state index in [4.69, 9.17) is 16.3 Å². The normalized spacial score (nSPS) is 11.6. The minimum Gasteiger partial charge on any atom is -0.497 e. The predicted molar refractivity (Wildman–Crippen MR) is 145 cm³/mol. The SMILES string of the molecule is COc1ccc(/C=C(/C(=O)Nc2ccc(S(=O)(=O)Nc3ccccc3Cl)cc2)c2ccccc2)cc1. The molecule has 4 aromatic carbocycles. The molecule has 8 heteroatoms. The quantitative estimate of drug-likeness (QED) is 0.211. The molecule has 1 amide bonds. The van der Waals surface area contributed by atoms with Crippen LogP contribution in [0.1, 0.15) is 11.1 Å². The molecule has 0 aliphatic heterocycles. The zero-order chi connectivity index (χ0) is 25.5. The third kappa shape index (κ3) is 6.13. The molecule has 0 aromatic heterocycles. The highest BCUT2D eigenvalue weighted by atomic mass is 35.5. The lowest BCUT2D eigenvalue weighted by molar-refractivity contribution is -0.111. The smallest absolute Gasteiger partial charge is 0.261 e. The van der Waals surface area contributed by atoms with E-state index in [1.54, 1.807) is 37.5 Å². The van der Waals surface area contributed by atoms with E-state index in [-0.39, 0.29) is 16.5 Å². The first-order valence-electron chi connectivity index (χ1n) is 11.0. The van der Waals surface area contributed by atoms with Gasteiger partial charge in [-0.3, -0.25) is 9.52 Å². The Balaban J connectivity index is 1.55. The largest absolute Gasteiger partial charge is 0.497 e. The van der Waals surface area contributed by atoms with Crippen molar-refractivity contribution in [2.45, 2.75) is 4.90 Å². The fourth-order valence-corrected chi connectivity index (χ4v) is 4.75. The van der Waals surface area contributed by atoms with Gasteiger partial charge in [-0.25, -0.2) is 8.42 Å². The van der Waals surface area contributed by atoms with E-state index in [1.165, 1.54) is 24.3 Å². The van der Waals surface area contributed by atoms with Gasteiger partial charge in [-0.15, -0.1) is 0 Å². The number of benzene rings is 4. The highest BCUT2D eigenvalue weighted by molar-refractivity contribution is 7.92. The van der Waals surface area contributed by atoms with Crippen molar-refractivity contribution in [3.05, 3.63) is 119 Å². The summed E-state index contributed by atoms with van der Waals surface area (Å²) in [5, 5.41) is 3.15. The first-order valence-corrected chi connectivity index (χ1v) is 12.8. The Kier molecular flexibility index (Phi) is 7.73. The molecule has 0 unspecified atom stereocenters. The molecule has 2 N–H and O–H groups in total. The van der Waals surface area contributed by atoms with Crippen LogP contribution in [-0.2, 0) is 14.8 Å². The van der Waals surface area contributed by atoms with Gasteiger partial charge in [0.2, 0.25) is 0 Å². The number of para-hydroxylation sites is 1. The van der Waals surface area contributed by atoms with Crippen molar-refractivity contribution in [3.63, 3.8) is 0 Å². The fraction of sp³-hybridized carbons (Fsp3) is 0.0357. The molecule has 0 radical (unpaired) electrons. The molecule has 0 bridgehead atoms. The molecule has 0 heterocycles. The Hall–Kier alpha value is -4.07. The van der Waals surface area contributed by atoms with Crippen molar-refractivity contribution in [2.24, 2.45) is 0 Å². The Morgan fingerprint density at radius 2 is 1.47 bits per heavy atom. The second kappa shape index (κ2) is 11.1. The van der Waals surface area contributed by atoms with Crippen LogP contribution >= 0.6 is 11.6 Å². The number of hydrogen-bond acceptors (Lipinski definition) is 4. The van der Waals surface area contributed by atoms with E-state index >= 15 is 0 Å². The molecule has 0 saturated carbocycles. The third-order valence-corrected chi connectivity index (χ3v) is 7.01. The van der Waals surface area contributed by atoms with Crippen molar-refractivity contribution in [1.29, 1.82) is 0 Å². The highest BCUT2D eigenvalue weighted by Gasteiger charge is 2.17. The van der Waals surface area contributed by atoms with Crippen molar-refractivity contribution in [3.8, 4) is 5.75 Å². The van der Waals surface area contributed by atoms with E-state index in [1.807, 2.05) is 54.6 Å². The first kappa shape index (κ1) is 25.0. The van der Waals surface area contributed by atoms with Gasteiger partial charge >= 0.3 is 0 Å². The van der Waals surface area contributed by atoms with Gasteiger partial charge in [-0.2, -0.15) is 0 Å².